The van der Waals surface area contributed by atoms with Crippen LogP contribution in [0.15, 0.2) is 18.2 Å². The number of nitrogen functional groups attached to an aromatic ring is 1. The molecule has 2 rings (SSSR count). The molecule has 0 bridgehead atoms. The van der Waals surface area contributed by atoms with E-state index in [4.69, 9.17) is 15.2 Å². The molecule has 1 amide bonds. The first-order valence-corrected chi connectivity index (χ1v) is 7.04. The van der Waals surface area contributed by atoms with Crippen molar-refractivity contribution >= 4 is 11.6 Å². The monoisotopic (exact) mass is 278 g/mol. The van der Waals surface area contributed by atoms with E-state index >= 15 is 0 Å². The molecule has 0 unspecified atom stereocenters. The zero-order valence-electron chi connectivity index (χ0n) is 11.9. The number of hydrogen-bond donors (Lipinski definition) is 2. The van der Waals surface area contributed by atoms with Crippen molar-refractivity contribution in [2.45, 2.75) is 38.1 Å². The van der Waals surface area contributed by atoms with E-state index < -0.39 is 0 Å². The van der Waals surface area contributed by atoms with Gasteiger partial charge < -0.3 is 20.5 Å². The average molecular weight is 278 g/mol. The van der Waals surface area contributed by atoms with E-state index in [1.54, 1.807) is 25.3 Å². The van der Waals surface area contributed by atoms with Gasteiger partial charge in [-0.15, -0.1) is 0 Å². The third-order valence-corrected chi connectivity index (χ3v) is 3.55. The molecule has 0 saturated heterocycles. The maximum absolute atomic E-state index is 11.8. The summed E-state index contributed by atoms with van der Waals surface area (Å²) in [6.07, 6.45) is 5.78. The topological polar surface area (TPSA) is 73.6 Å². The normalized spacial score (nSPS) is 15.7. The highest BCUT2D eigenvalue weighted by molar-refractivity contribution is 5.78. The van der Waals surface area contributed by atoms with Crippen LogP contribution in [0.1, 0.15) is 32.1 Å². The second-order valence-electron chi connectivity index (χ2n) is 5.09. The minimum absolute atomic E-state index is 0.00692. The molecule has 1 saturated carbocycles. The van der Waals surface area contributed by atoms with Gasteiger partial charge in [-0.05, 0) is 25.0 Å². The number of amides is 1. The Balaban J connectivity index is 1.80. The average Bonchev–Trinajstić information content (AvgIpc) is 2.47. The molecule has 0 aliphatic heterocycles. The lowest BCUT2D eigenvalue weighted by molar-refractivity contribution is -0.124. The van der Waals surface area contributed by atoms with Crippen LogP contribution < -0.4 is 20.5 Å². The Morgan fingerprint density at radius 2 is 2.10 bits per heavy atom. The molecule has 0 heterocycles. The van der Waals surface area contributed by atoms with Gasteiger partial charge in [-0.1, -0.05) is 19.3 Å². The lowest BCUT2D eigenvalue weighted by Gasteiger charge is -2.22. The summed E-state index contributed by atoms with van der Waals surface area (Å²) in [6, 6.07) is 5.44. The summed E-state index contributed by atoms with van der Waals surface area (Å²) >= 11 is 0. The number of carbonyl (C=O) groups excluding carboxylic acids is 1. The summed E-state index contributed by atoms with van der Waals surface area (Å²) < 4.78 is 10.5. The lowest BCUT2D eigenvalue weighted by Crippen LogP contribution is -2.39. The largest absolute Gasteiger partial charge is 0.497 e. The number of benzene rings is 1. The highest BCUT2D eigenvalue weighted by Gasteiger charge is 2.16. The van der Waals surface area contributed by atoms with E-state index in [-0.39, 0.29) is 12.5 Å². The molecule has 110 valence electrons. The smallest absolute Gasteiger partial charge is 0.258 e. The van der Waals surface area contributed by atoms with Gasteiger partial charge in [0.15, 0.2) is 6.61 Å². The van der Waals surface area contributed by atoms with Gasteiger partial charge in [0.2, 0.25) is 0 Å². The van der Waals surface area contributed by atoms with Crippen LogP contribution in [0, 0.1) is 0 Å². The second-order valence-corrected chi connectivity index (χ2v) is 5.09. The minimum Gasteiger partial charge on any atom is -0.497 e. The van der Waals surface area contributed by atoms with Gasteiger partial charge in [-0.25, -0.2) is 0 Å². The summed E-state index contributed by atoms with van der Waals surface area (Å²) in [4.78, 5) is 11.8. The van der Waals surface area contributed by atoms with Crippen molar-refractivity contribution < 1.29 is 14.3 Å². The summed E-state index contributed by atoms with van der Waals surface area (Å²) in [5, 5.41) is 3.00. The molecule has 0 radical (unpaired) electrons. The van der Waals surface area contributed by atoms with E-state index in [1.165, 1.54) is 19.3 Å². The molecule has 1 fully saturated rings. The Labute approximate surface area is 119 Å². The highest BCUT2D eigenvalue weighted by atomic mass is 16.5. The molecule has 1 aromatic rings. The van der Waals surface area contributed by atoms with Crippen molar-refractivity contribution in [3.63, 3.8) is 0 Å². The molecule has 1 aliphatic rings. The molecule has 5 heteroatoms. The summed E-state index contributed by atoms with van der Waals surface area (Å²) in [5.74, 6) is 1.08. The number of rotatable bonds is 5. The summed E-state index contributed by atoms with van der Waals surface area (Å²) in [7, 11) is 1.58. The molecular weight excluding hydrogens is 256 g/mol. The minimum atomic E-state index is -0.0906. The van der Waals surface area contributed by atoms with Crippen LogP contribution >= 0.6 is 0 Å². The predicted octanol–water partition coefficient (Wildman–Crippen LogP) is 2.11. The van der Waals surface area contributed by atoms with Gasteiger partial charge in [-0.3, -0.25) is 4.79 Å². The molecule has 20 heavy (non-hydrogen) atoms. The summed E-state index contributed by atoms with van der Waals surface area (Å²) in [5.41, 5.74) is 6.30. The number of anilines is 1. The standard InChI is InChI=1S/C15H22N2O3/c1-19-12-7-8-14(13(16)9-12)20-10-15(18)17-11-5-3-2-4-6-11/h7-9,11H,2-6,10,16H2,1H3,(H,17,18). The second kappa shape index (κ2) is 7.03. The first kappa shape index (κ1) is 14.5. The number of nitrogens with one attached hydrogen (secondary N) is 1. The van der Waals surface area contributed by atoms with Gasteiger partial charge >= 0.3 is 0 Å². The Bertz CT molecular complexity index is 456. The van der Waals surface area contributed by atoms with Gasteiger partial charge in [0.25, 0.3) is 5.91 Å². The van der Waals surface area contributed by atoms with Crippen molar-refractivity contribution in [3.8, 4) is 11.5 Å². The van der Waals surface area contributed by atoms with Gasteiger partial charge in [0, 0.05) is 12.1 Å². The van der Waals surface area contributed by atoms with Gasteiger partial charge in [0.1, 0.15) is 11.5 Å². The van der Waals surface area contributed by atoms with E-state index in [9.17, 15) is 4.79 Å². The Morgan fingerprint density at radius 1 is 1.35 bits per heavy atom. The van der Waals surface area contributed by atoms with Gasteiger partial charge in [0.05, 0.1) is 12.8 Å². The first-order chi connectivity index (χ1) is 9.69. The first-order valence-electron chi connectivity index (χ1n) is 7.04. The zero-order valence-corrected chi connectivity index (χ0v) is 11.9. The van der Waals surface area contributed by atoms with Crippen molar-refractivity contribution in [2.24, 2.45) is 0 Å². The van der Waals surface area contributed by atoms with Crippen LogP contribution in [0.2, 0.25) is 0 Å². The number of nitrogens with two attached hydrogens (primary N) is 1. The third-order valence-electron chi connectivity index (χ3n) is 3.55. The number of carbonyl (C=O) groups is 1. The quantitative estimate of drug-likeness (QED) is 0.809. The maximum Gasteiger partial charge on any atom is 0.258 e. The molecular formula is C15H22N2O3. The maximum atomic E-state index is 11.8. The van der Waals surface area contributed by atoms with Crippen LogP contribution in [-0.4, -0.2) is 25.7 Å². The van der Waals surface area contributed by atoms with Crippen molar-refractivity contribution in [3.05, 3.63) is 18.2 Å². The fourth-order valence-electron chi connectivity index (χ4n) is 2.44. The molecule has 0 spiro atoms. The molecule has 0 aromatic heterocycles. The van der Waals surface area contributed by atoms with Crippen molar-refractivity contribution in [1.82, 2.24) is 5.32 Å². The van der Waals surface area contributed by atoms with Crippen LogP contribution in [0.4, 0.5) is 5.69 Å². The van der Waals surface area contributed by atoms with Crippen molar-refractivity contribution in [1.29, 1.82) is 0 Å². The number of hydrogen-bond acceptors (Lipinski definition) is 4. The number of ether oxygens (including phenoxy) is 2. The SMILES string of the molecule is COc1ccc(OCC(=O)NC2CCCCC2)c(N)c1. The Morgan fingerprint density at radius 3 is 2.75 bits per heavy atom. The molecule has 3 N–H and O–H groups in total. The van der Waals surface area contributed by atoms with E-state index in [0.29, 0.717) is 23.2 Å². The Kier molecular flexibility index (Phi) is 5.09. The van der Waals surface area contributed by atoms with Crippen LogP contribution in [0.25, 0.3) is 0 Å². The fourth-order valence-corrected chi connectivity index (χ4v) is 2.44. The van der Waals surface area contributed by atoms with E-state index in [1.807, 2.05) is 0 Å². The molecule has 0 atom stereocenters. The highest BCUT2D eigenvalue weighted by Crippen LogP contribution is 2.26. The van der Waals surface area contributed by atoms with Crippen LogP contribution in [0.5, 0.6) is 11.5 Å². The van der Waals surface area contributed by atoms with E-state index in [2.05, 4.69) is 5.32 Å². The number of methoxy groups -OCH3 is 1. The van der Waals surface area contributed by atoms with Crippen molar-refractivity contribution in [2.75, 3.05) is 19.5 Å². The van der Waals surface area contributed by atoms with Crippen LogP contribution in [-0.2, 0) is 4.79 Å². The third kappa shape index (κ3) is 4.05. The predicted molar refractivity (Wildman–Crippen MR) is 77.9 cm³/mol. The van der Waals surface area contributed by atoms with E-state index in [0.717, 1.165) is 12.8 Å². The Hall–Kier alpha value is -1.91. The lowest BCUT2D eigenvalue weighted by atomic mass is 9.95. The molecule has 5 nitrogen and oxygen atoms in total. The van der Waals surface area contributed by atoms with Crippen LogP contribution in [0.3, 0.4) is 0 Å². The summed E-state index contributed by atoms with van der Waals surface area (Å²) in [6.45, 7) is -0.00692. The molecule has 1 aliphatic carbocycles. The fraction of sp³-hybridized carbons (Fsp3) is 0.533. The molecule has 1 aromatic carbocycles. The zero-order chi connectivity index (χ0) is 14.4. The van der Waals surface area contributed by atoms with Gasteiger partial charge in [-0.2, -0.15) is 0 Å².